The van der Waals surface area contributed by atoms with Crippen molar-refractivity contribution in [2.24, 2.45) is 0 Å². The predicted octanol–water partition coefficient (Wildman–Crippen LogP) is 1.93. The number of H-pyrrole nitrogens is 1. The van der Waals surface area contributed by atoms with E-state index in [4.69, 9.17) is 9.47 Å². The van der Waals surface area contributed by atoms with E-state index in [0.717, 1.165) is 16.9 Å². The van der Waals surface area contributed by atoms with Crippen LogP contribution in [0.3, 0.4) is 0 Å². The Morgan fingerprint density at radius 3 is 2.78 bits per heavy atom. The van der Waals surface area contributed by atoms with Gasteiger partial charge in [-0.05, 0) is 24.1 Å². The van der Waals surface area contributed by atoms with Crippen molar-refractivity contribution in [2.45, 2.75) is 19.8 Å². The van der Waals surface area contributed by atoms with Gasteiger partial charge in [-0.3, -0.25) is 0 Å². The van der Waals surface area contributed by atoms with Gasteiger partial charge in [0, 0.05) is 18.8 Å². The first-order valence-electron chi connectivity index (χ1n) is 8.55. The Bertz CT molecular complexity index is 973. The van der Waals surface area contributed by atoms with Gasteiger partial charge in [0.2, 0.25) is 0 Å². The highest BCUT2D eigenvalue weighted by molar-refractivity contribution is 5.90. The summed E-state index contributed by atoms with van der Waals surface area (Å²) in [7, 11) is 1.59. The quantitative estimate of drug-likeness (QED) is 0.640. The van der Waals surface area contributed by atoms with Gasteiger partial charge in [0.15, 0.2) is 0 Å². The highest BCUT2D eigenvalue weighted by atomic mass is 16.5. The molecular weight excluding hydrogens is 348 g/mol. The monoisotopic (exact) mass is 368 g/mol. The third-order valence-electron chi connectivity index (χ3n) is 4.09. The van der Waals surface area contributed by atoms with Crippen LogP contribution in [0.1, 0.15) is 28.5 Å². The summed E-state index contributed by atoms with van der Waals surface area (Å²) < 4.78 is 12.4. The Kier molecular flexibility index (Phi) is 5.65. The van der Waals surface area contributed by atoms with E-state index in [1.165, 1.54) is 12.4 Å². The third-order valence-corrected chi connectivity index (χ3v) is 4.09. The normalized spacial score (nSPS) is 10.6. The molecule has 0 aliphatic carbocycles. The maximum atomic E-state index is 12.5. The average molecular weight is 368 g/mol. The molecule has 0 unspecified atom stereocenters. The lowest BCUT2D eigenvalue weighted by molar-refractivity contribution is 0.0508. The summed E-state index contributed by atoms with van der Waals surface area (Å²) in [5.74, 6) is 0.228. The average Bonchev–Trinajstić information content (AvgIpc) is 3.13. The predicted molar refractivity (Wildman–Crippen MR) is 98.3 cm³/mol. The van der Waals surface area contributed by atoms with Crippen molar-refractivity contribution in [1.29, 1.82) is 0 Å². The second-order valence-electron chi connectivity index (χ2n) is 5.76. The molecule has 0 saturated carbocycles. The minimum Gasteiger partial charge on any atom is -0.494 e. The molecule has 3 aromatic rings. The molecule has 2 heterocycles. The van der Waals surface area contributed by atoms with E-state index in [2.05, 4.69) is 15.1 Å². The van der Waals surface area contributed by atoms with Crippen LogP contribution >= 0.6 is 0 Å². The number of benzene rings is 1. The molecule has 0 fully saturated rings. The van der Waals surface area contributed by atoms with Gasteiger partial charge in [0.1, 0.15) is 17.0 Å². The van der Waals surface area contributed by atoms with Gasteiger partial charge in [-0.25, -0.2) is 19.3 Å². The maximum absolute atomic E-state index is 12.5. The molecule has 0 aliphatic heterocycles. The molecule has 2 aromatic heterocycles. The van der Waals surface area contributed by atoms with E-state index in [9.17, 15) is 9.59 Å². The van der Waals surface area contributed by atoms with E-state index >= 15 is 0 Å². The second kappa shape index (κ2) is 8.31. The minimum atomic E-state index is -0.439. The first-order valence-corrected chi connectivity index (χ1v) is 8.55. The van der Waals surface area contributed by atoms with E-state index in [-0.39, 0.29) is 6.61 Å². The third kappa shape index (κ3) is 4.05. The van der Waals surface area contributed by atoms with Crippen LogP contribution in [0.5, 0.6) is 5.75 Å². The number of rotatable bonds is 7. The van der Waals surface area contributed by atoms with Crippen LogP contribution in [-0.4, -0.2) is 39.4 Å². The first-order chi connectivity index (χ1) is 13.1. The number of nitrogens with zero attached hydrogens (tertiary/aromatic N) is 3. The highest BCUT2D eigenvalue weighted by Crippen LogP contribution is 2.25. The standard InChI is InChI=1S/C19H20N4O4/c1-3-15-14(12-22-23(15)16-6-4-5-7-17(16)26-2)18(24)27-9-8-13-10-20-19(25)21-11-13/h4-7,10-12H,3,8-9H2,1-2H3,(H,20,21,25). The lowest BCUT2D eigenvalue weighted by atomic mass is 10.2. The number of aromatic amines is 1. The van der Waals surface area contributed by atoms with Crippen LogP contribution in [0.4, 0.5) is 0 Å². The second-order valence-corrected chi connectivity index (χ2v) is 5.76. The van der Waals surface area contributed by atoms with Crippen LogP contribution in [0.2, 0.25) is 0 Å². The van der Waals surface area contributed by atoms with Crippen molar-refractivity contribution in [3.63, 3.8) is 0 Å². The molecule has 1 N–H and O–H groups in total. The highest BCUT2D eigenvalue weighted by Gasteiger charge is 2.20. The zero-order valence-corrected chi connectivity index (χ0v) is 15.1. The molecule has 0 bridgehead atoms. The van der Waals surface area contributed by atoms with Gasteiger partial charge in [-0.1, -0.05) is 19.1 Å². The number of aromatic nitrogens is 4. The Morgan fingerprint density at radius 2 is 2.07 bits per heavy atom. The van der Waals surface area contributed by atoms with E-state index in [0.29, 0.717) is 24.2 Å². The Morgan fingerprint density at radius 1 is 1.26 bits per heavy atom. The van der Waals surface area contributed by atoms with Crippen molar-refractivity contribution in [2.75, 3.05) is 13.7 Å². The minimum absolute atomic E-state index is 0.176. The fourth-order valence-electron chi connectivity index (χ4n) is 2.74. The van der Waals surface area contributed by atoms with Gasteiger partial charge < -0.3 is 14.5 Å². The molecule has 3 rings (SSSR count). The molecule has 0 radical (unpaired) electrons. The number of hydrogen-bond donors (Lipinski definition) is 1. The van der Waals surface area contributed by atoms with Crippen LogP contribution in [0, 0.1) is 0 Å². The molecule has 8 heteroatoms. The first kappa shape index (κ1) is 18.4. The molecule has 1 aromatic carbocycles. The van der Waals surface area contributed by atoms with Crippen molar-refractivity contribution in [3.8, 4) is 11.4 Å². The Labute approximate surface area is 155 Å². The molecule has 0 atom stereocenters. The molecule has 0 spiro atoms. The fraction of sp³-hybridized carbons (Fsp3) is 0.263. The molecule has 8 nitrogen and oxygen atoms in total. The van der Waals surface area contributed by atoms with Crippen LogP contribution in [0.25, 0.3) is 5.69 Å². The van der Waals surface area contributed by atoms with Crippen LogP contribution in [0.15, 0.2) is 47.7 Å². The summed E-state index contributed by atoms with van der Waals surface area (Å²) >= 11 is 0. The lowest BCUT2D eigenvalue weighted by Gasteiger charge is -2.11. The number of hydrogen-bond acceptors (Lipinski definition) is 6. The topological polar surface area (TPSA) is 99.1 Å². The number of methoxy groups -OCH3 is 1. The summed E-state index contributed by atoms with van der Waals surface area (Å²) in [4.78, 5) is 29.6. The van der Waals surface area contributed by atoms with Crippen LogP contribution < -0.4 is 10.4 Å². The Balaban J connectivity index is 1.74. The van der Waals surface area contributed by atoms with E-state index in [1.54, 1.807) is 18.0 Å². The van der Waals surface area contributed by atoms with Crippen molar-refractivity contribution >= 4 is 5.97 Å². The van der Waals surface area contributed by atoms with Gasteiger partial charge in [-0.2, -0.15) is 5.10 Å². The van der Waals surface area contributed by atoms with Gasteiger partial charge in [0.25, 0.3) is 0 Å². The van der Waals surface area contributed by atoms with Crippen molar-refractivity contribution in [3.05, 3.63) is 70.2 Å². The largest absolute Gasteiger partial charge is 0.494 e. The molecule has 140 valence electrons. The van der Waals surface area contributed by atoms with Gasteiger partial charge in [0.05, 0.1) is 25.6 Å². The number of carbonyl (C=O) groups is 1. The van der Waals surface area contributed by atoms with Crippen molar-refractivity contribution in [1.82, 2.24) is 19.7 Å². The zero-order valence-electron chi connectivity index (χ0n) is 15.1. The number of carbonyl (C=O) groups excluding carboxylic acids is 1. The molecule has 27 heavy (non-hydrogen) atoms. The fourth-order valence-corrected chi connectivity index (χ4v) is 2.74. The summed E-state index contributed by atoms with van der Waals surface area (Å²) in [6.07, 6.45) is 5.59. The van der Waals surface area contributed by atoms with Crippen molar-refractivity contribution < 1.29 is 14.3 Å². The summed E-state index contributed by atoms with van der Waals surface area (Å²) in [5.41, 5.74) is 2.29. The SMILES string of the molecule is CCc1c(C(=O)OCCc2cnc(=O)[nH]c2)cnn1-c1ccccc1OC. The molecule has 0 aliphatic rings. The smallest absolute Gasteiger partial charge is 0.344 e. The number of ether oxygens (including phenoxy) is 2. The summed E-state index contributed by atoms with van der Waals surface area (Å²) in [6, 6.07) is 7.48. The lowest BCUT2D eigenvalue weighted by Crippen LogP contribution is -2.13. The van der Waals surface area contributed by atoms with Crippen LogP contribution in [-0.2, 0) is 17.6 Å². The summed E-state index contributed by atoms with van der Waals surface area (Å²) in [5, 5.41) is 4.35. The maximum Gasteiger partial charge on any atom is 0.344 e. The number of nitrogens with one attached hydrogen (secondary N) is 1. The molecular formula is C19H20N4O4. The molecule has 0 amide bonds. The Hall–Kier alpha value is -3.42. The number of para-hydroxylation sites is 2. The van der Waals surface area contributed by atoms with E-state index in [1.807, 2.05) is 31.2 Å². The zero-order chi connectivity index (χ0) is 19.2. The van der Waals surface area contributed by atoms with Gasteiger partial charge in [-0.15, -0.1) is 0 Å². The molecule has 0 saturated heterocycles. The summed E-state index contributed by atoms with van der Waals surface area (Å²) in [6.45, 7) is 2.13. The van der Waals surface area contributed by atoms with E-state index < -0.39 is 11.7 Å². The number of esters is 1. The van der Waals surface area contributed by atoms with Gasteiger partial charge >= 0.3 is 11.7 Å².